The topological polar surface area (TPSA) is 87.3 Å². The molecule has 0 aliphatic carbocycles. The number of anilines is 1. The van der Waals surface area contributed by atoms with Crippen molar-refractivity contribution in [2.75, 3.05) is 11.9 Å². The van der Waals surface area contributed by atoms with Crippen molar-refractivity contribution < 1.29 is 27.6 Å². The summed E-state index contributed by atoms with van der Waals surface area (Å²) >= 11 is 1.01. The number of hydrogen-bond donors (Lipinski definition) is 3. The molecule has 1 aliphatic heterocycles. The minimum absolute atomic E-state index is 0.0665. The highest BCUT2D eigenvalue weighted by Crippen LogP contribution is 2.40. The van der Waals surface area contributed by atoms with Crippen molar-refractivity contribution in [3.63, 3.8) is 0 Å². The average molecular weight is 437 g/mol. The van der Waals surface area contributed by atoms with Gasteiger partial charge in [-0.05, 0) is 23.8 Å². The Kier molecular flexibility index (Phi) is 6.66. The van der Waals surface area contributed by atoms with E-state index in [4.69, 9.17) is 0 Å². The summed E-state index contributed by atoms with van der Waals surface area (Å²) in [7, 11) is 0. The molecular formula is C20H18F3N3O3S. The van der Waals surface area contributed by atoms with E-state index in [1.54, 1.807) is 0 Å². The van der Waals surface area contributed by atoms with E-state index >= 15 is 0 Å². The molecule has 0 saturated heterocycles. The number of halogens is 3. The summed E-state index contributed by atoms with van der Waals surface area (Å²) in [6.07, 6.45) is -4.72. The summed E-state index contributed by atoms with van der Waals surface area (Å²) in [4.78, 5) is 36.6. The van der Waals surface area contributed by atoms with E-state index in [1.165, 1.54) is 6.07 Å². The third-order valence-corrected chi connectivity index (χ3v) is 5.55. The van der Waals surface area contributed by atoms with Gasteiger partial charge in [-0.3, -0.25) is 14.4 Å². The molecule has 0 aromatic heterocycles. The van der Waals surface area contributed by atoms with Crippen LogP contribution in [-0.2, 0) is 27.1 Å². The molecule has 3 amide bonds. The van der Waals surface area contributed by atoms with Gasteiger partial charge in [0.05, 0.1) is 23.0 Å². The van der Waals surface area contributed by atoms with E-state index < -0.39 is 28.8 Å². The Morgan fingerprint density at radius 3 is 2.47 bits per heavy atom. The van der Waals surface area contributed by atoms with Crippen LogP contribution in [0.1, 0.15) is 17.5 Å². The van der Waals surface area contributed by atoms with E-state index in [0.29, 0.717) is 11.4 Å². The number of hydrogen-bond acceptors (Lipinski definition) is 4. The maximum Gasteiger partial charge on any atom is 0.416 e. The molecule has 0 fully saturated rings. The third-order valence-electron chi connectivity index (χ3n) is 4.28. The molecule has 158 valence electrons. The average Bonchev–Trinajstić information content (AvgIpc) is 2.71. The Morgan fingerprint density at radius 2 is 1.77 bits per heavy atom. The third kappa shape index (κ3) is 5.76. The molecule has 2 aromatic carbocycles. The van der Waals surface area contributed by atoms with E-state index in [0.717, 1.165) is 29.5 Å². The lowest BCUT2D eigenvalue weighted by Crippen LogP contribution is -2.39. The van der Waals surface area contributed by atoms with Gasteiger partial charge in [0, 0.05) is 17.9 Å². The smallest absolute Gasteiger partial charge is 0.350 e. The molecule has 0 radical (unpaired) electrons. The zero-order chi connectivity index (χ0) is 21.7. The van der Waals surface area contributed by atoms with Crippen molar-refractivity contribution >= 4 is 35.2 Å². The number of fused-ring (bicyclic) bond motifs is 1. The Labute approximate surface area is 174 Å². The predicted molar refractivity (Wildman–Crippen MR) is 106 cm³/mol. The second-order valence-electron chi connectivity index (χ2n) is 6.55. The number of thioether (sulfide) groups is 1. The monoisotopic (exact) mass is 437 g/mol. The first-order valence-electron chi connectivity index (χ1n) is 8.98. The zero-order valence-corrected chi connectivity index (χ0v) is 16.4. The first-order valence-corrected chi connectivity index (χ1v) is 9.86. The maximum absolute atomic E-state index is 12.8. The van der Waals surface area contributed by atoms with Crippen molar-refractivity contribution in [3.05, 3.63) is 59.7 Å². The van der Waals surface area contributed by atoms with Crippen LogP contribution in [0.5, 0.6) is 0 Å². The molecule has 0 spiro atoms. The molecule has 1 unspecified atom stereocenters. The maximum atomic E-state index is 12.8. The summed E-state index contributed by atoms with van der Waals surface area (Å²) in [6.45, 7) is 0.0866. The Bertz CT molecular complexity index is 951. The van der Waals surface area contributed by atoms with Crippen LogP contribution in [0.4, 0.5) is 18.9 Å². The second kappa shape index (κ2) is 9.21. The lowest BCUT2D eigenvalue weighted by atomic mass is 10.1. The highest BCUT2D eigenvalue weighted by molar-refractivity contribution is 8.01. The first kappa shape index (κ1) is 21.7. The summed E-state index contributed by atoms with van der Waals surface area (Å²) < 4.78 is 38.4. The Balaban J connectivity index is 1.48. The van der Waals surface area contributed by atoms with Gasteiger partial charge in [0.2, 0.25) is 17.7 Å². The van der Waals surface area contributed by atoms with Gasteiger partial charge < -0.3 is 16.0 Å². The van der Waals surface area contributed by atoms with Crippen molar-refractivity contribution in [3.8, 4) is 0 Å². The number of carbonyl (C=O) groups is 3. The normalized spacial score (nSPS) is 15.7. The lowest BCUT2D eigenvalue weighted by molar-refractivity contribution is -0.137. The fourth-order valence-electron chi connectivity index (χ4n) is 2.74. The van der Waals surface area contributed by atoms with Crippen LogP contribution in [-0.4, -0.2) is 29.5 Å². The van der Waals surface area contributed by atoms with Gasteiger partial charge in [0.1, 0.15) is 0 Å². The van der Waals surface area contributed by atoms with Gasteiger partial charge >= 0.3 is 6.18 Å². The number of nitrogens with one attached hydrogen (secondary N) is 3. The van der Waals surface area contributed by atoms with Gasteiger partial charge in [-0.15, -0.1) is 11.8 Å². The molecule has 0 bridgehead atoms. The van der Waals surface area contributed by atoms with E-state index in [9.17, 15) is 27.6 Å². The first-order chi connectivity index (χ1) is 14.2. The summed E-state index contributed by atoms with van der Waals surface area (Å²) in [5.41, 5.74) is 0.122. The quantitative estimate of drug-likeness (QED) is 0.649. The molecule has 3 rings (SSSR count). The summed E-state index contributed by atoms with van der Waals surface area (Å²) in [5, 5.41) is 6.72. The van der Waals surface area contributed by atoms with Gasteiger partial charge in [-0.2, -0.15) is 13.2 Å². The van der Waals surface area contributed by atoms with Gasteiger partial charge in [0.15, 0.2) is 0 Å². The van der Waals surface area contributed by atoms with E-state index in [1.807, 2.05) is 30.3 Å². The highest BCUT2D eigenvalue weighted by atomic mass is 32.2. The molecule has 30 heavy (non-hydrogen) atoms. The van der Waals surface area contributed by atoms with Crippen LogP contribution >= 0.6 is 11.8 Å². The molecule has 2 aromatic rings. The molecule has 10 heteroatoms. The largest absolute Gasteiger partial charge is 0.416 e. The number of rotatable bonds is 6. The molecule has 6 nitrogen and oxygen atoms in total. The zero-order valence-electron chi connectivity index (χ0n) is 15.6. The van der Waals surface area contributed by atoms with Crippen LogP contribution in [0.3, 0.4) is 0 Å². The minimum atomic E-state index is -4.51. The van der Waals surface area contributed by atoms with Crippen molar-refractivity contribution in [2.24, 2.45) is 0 Å². The number of alkyl halides is 3. The molecule has 1 heterocycles. The fraction of sp³-hybridized carbons (Fsp3) is 0.250. The molecule has 1 aliphatic rings. The number of amides is 3. The van der Waals surface area contributed by atoms with Crippen LogP contribution in [0.15, 0.2) is 53.4 Å². The Hall–Kier alpha value is -3.01. The van der Waals surface area contributed by atoms with E-state index in [-0.39, 0.29) is 24.6 Å². The van der Waals surface area contributed by atoms with Crippen molar-refractivity contribution in [2.45, 2.75) is 29.3 Å². The predicted octanol–water partition coefficient (Wildman–Crippen LogP) is 2.94. The van der Waals surface area contributed by atoms with Crippen LogP contribution in [0.2, 0.25) is 0 Å². The van der Waals surface area contributed by atoms with Gasteiger partial charge in [-0.1, -0.05) is 30.3 Å². The SMILES string of the molecule is O=C(CNC(=O)CC1Sc2ccc(C(F)(F)F)cc2NC1=O)NCc1ccccc1. The molecule has 3 N–H and O–H groups in total. The highest BCUT2D eigenvalue weighted by Gasteiger charge is 2.34. The molecule has 1 atom stereocenters. The van der Waals surface area contributed by atoms with Crippen LogP contribution < -0.4 is 16.0 Å². The van der Waals surface area contributed by atoms with Crippen molar-refractivity contribution in [1.82, 2.24) is 10.6 Å². The minimum Gasteiger partial charge on any atom is -0.350 e. The molecule has 0 saturated carbocycles. The van der Waals surface area contributed by atoms with Crippen LogP contribution in [0.25, 0.3) is 0 Å². The number of carbonyl (C=O) groups excluding carboxylic acids is 3. The standard InChI is InChI=1S/C20H18F3N3O3S/c21-20(22,23)13-6-7-15-14(8-13)26-19(29)16(30-15)9-17(27)25-11-18(28)24-10-12-4-2-1-3-5-12/h1-8,16H,9-11H2,(H,24,28)(H,25,27)(H,26,29). The van der Waals surface area contributed by atoms with Gasteiger partial charge in [0.25, 0.3) is 0 Å². The second-order valence-corrected chi connectivity index (χ2v) is 7.79. The lowest BCUT2D eigenvalue weighted by Gasteiger charge is -2.24. The van der Waals surface area contributed by atoms with Crippen molar-refractivity contribution in [1.29, 1.82) is 0 Å². The van der Waals surface area contributed by atoms with Crippen LogP contribution in [0, 0.1) is 0 Å². The van der Waals surface area contributed by atoms with Gasteiger partial charge in [-0.25, -0.2) is 0 Å². The fourth-order valence-corrected chi connectivity index (χ4v) is 3.83. The Morgan fingerprint density at radius 1 is 1.03 bits per heavy atom. The number of benzene rings is 2. The summed E-state index contributed by atoms with van der Waals surface area (Å²) in [6, 6.07) is 12.3. The summed E-state index contributed by atoms with van der Waals surface area (Å²) in [5.74, 6) is -1.44. The molecular weight excluding hydrogens is 419 g/mol. The van der Waals surface area contributed by atoms with E-state index in [2.05, 4.69) is 16.0 Å².